The summed E-state index contributed by atoms with van der Waals surface area (Å²) in [5.74, 6) is 0.722. The number of ether oxygens (including phenoxy) is 1. The summed E-state index contributed by atoms with van der Waals surface area (Å²) >= 11 is 1.29. The van der Waals surface area contributed by atoms with Crippen LogP contribution in [0.1, 0.15) is 47.5 Å². The summed E-state index contributed by atoms with van der Waals surface area (Å²) in [6.45, 7) is 2.41. The lowest BCUT2D eigenvalue weighted by Gasteiger charge is -2.30. The monoisotopic (exact) mass is 591 g/mol. The second kappa shape index (κ2) is 10.8. The minimum atomic E-state index is -0.683. The van der Waals surface area contributed by atoms with Crippen molar-refractivity contribution in [1.29, 1.82) is 0 Å². The molecule has 0 bridgehead atoms. The smallest absolute Gasteiger partial charge is 0.254 e. The van der Waals surface area contributed by atoms with Gasteiger partial charge in [-0.3, -0.25) is 14.0 Å². The molecule has 1 saturated carbocycles. The lowest BCUT2D eigenvalue weighted by atomic mass is 9.91. The summed E-state index contributed by atoms with van der Waals surface area (Å²) in [5.41, 5.74) is 14.4. The van der Waals surface area contributed by atoms with E-state index in [1.807, 2.05) is 10.3 Å². The molecule has 14 nitrogen and oxygen atoms in total. The fraction of sp³-hybridized carbons (Fsp3) is 0.407. The first-order chi connectivity index (χ1) is 20.5. The van der Waals surface area contributed by atoms with Crippen molar-refractivity contribution < 1.29 is 18.5 Å². The Bertz CT molecular complexity index is 1840. The molecule has 218 valence electrons. The lowest BCUT2D eigenvalue weighted by molar-refractivity contribution is 0.1000. The Morgan fingerprint density at radius 1 is 1.19 bits per heavy atom. The highest BCUT2D eigenvalue weighted by Crippen LogP contribution is 2.35. The zero-order valence-electron chi connectivity index (χ0n) is 22.6. The molecular formula is C27H29N9O5S. The molecule has 2 atom stereocenters. The number of nitrogens with two attached hydrogens (primary N) is 2. The molecule has 5 aromatic rings. The van der Waals surface area contributed by atoms with Crippen molar-refractivity contribution in [3.8, 4) is 11.3 Å². The van der Waals surface area contributed by atoms with Gasteiger partial charge in [-0.25, -0.2) is 4.98 Å². The zero-order chi connectivity index (χ0) is 28.8. The van der Waals surface area contributed by atoms with Gasteiger partial charge in [0.25, 0.3) is 5.91 Å². The fourth-order valence-corrected chi connectivity index (χ4v) is 6.55. The van der Waals surface area contributed by atoms with E-state index < -0.39 is 5.91 Å². The minimum absolute atomic E-state index is 0.0184. The number of carbonyl (C=O) groups is 1. The summed E-state index contributed by atoms with van der Waals surface area (Å²) in [4.78, 5) is 32.2. The molecule has 0 unspecified atom stereocenters. The molecule has 42 heavy (non-hydrogen) atoms. The molecule has 1 aliphatic carbocycles. The van der Waals surface area contributed by atoms with Crippen LogP contribution in [-0.2, 0) is 11.2 Å². The summed E-state index contributed by atoms with van der Waals surface area (Å²) < 4.78 is 19.4. The highest BCUT2D eigenvalue weighted by molar-refractivity contribution is 7.17. The van der Waals surface area contributed by atoms with Gasteiger partial charge in [0.1, 0.15) is 28.0 Å². The van der Waals surface area contributed by atoms with Gasteiger partial charge in [0.2, 0.25) is 11.4 Å². The van der Waals surface area contributed by atoms with Crippen molar-refractivity contribution >= 4 is 45.0 Å². The Kier molecular flexibility index (Phi) is 6.84. The van der Waals surface area contributed by atoms with E-state index in [9.17, 15) is 9.59 Å². The lowest BCUT2D eigenvalue weighted by Crippen LogP contribution is -2.43. The third-order valence-corrected chi connectivity index (χ3v) is 8.81. The van der Waals surface area contributed by atoms with Crippen LogP contribution in [0.4, 0.5) is 11.8 Å². The number of rotatable bonds is 7. The van der Waals surface area contributed by atoms with Crippen LogP contribution >= 0.6 is 11.3 Å². The van der Waals surface area contributed by atoms with Crippen LogP contribution in [0.3, 0.4) is 0 Å². The highest BCUT2D eigenvalue weighted by atomic mass is 32.1. The second-order valence-corrected chi connectivity index (χ2v) is 11.4. The van der Waals surface area contributed by atoms with Crippen LogP contribution in [-0.4, -0.2) is 69.0 Å². The SMILES string of the molecule is NC(=O)c1c(Cc2cc(-c3csc4c(=O)cc(N5CCOCC5)oc34)no2)nc(N[C@H]2CCCC[C@H]2N)n2cnnc12. The third kappa shape index (κ3) is 4.78. The van der Waals surface area contributed by atoms with Crippen LogP contribution in [0.25, 0.3) is 27.2 Å². The van der Waals surface area contributed by atoms with E-state index in [0.29, 0.717) is 76.8 Å². The van der Waals surface area contributed by atoms with Gasteiger partial charge in [-0.05, 0) is 12.8 Å². The number of nitrogens with zero attached hydrogens (tertiary/aromatic N) is 6. The molecule has 5 aromatic heterocycles. The van der Waals surface area contributed by atoms with E-state index in [2.05, 4.69) is 20.7 Å². The summed E-state index contributed by atoms with van der Waals surface area (Å²) in [5, 5.41) is 17.7. The molecule has 15 heteroatoms. The quantitative estimate of drug-likeness (QED) is 0.250. The van der Waals surface area contributed by atoms with E-state index in [4.69, 9.17) is 30.1 Å². The molecule has 0 radical (unpaired) electrons. The van der Waals surface area contributed by atoms with Crippen molar-refractivity contribution in [2.75, 3.05) is 36.5 Å². The first-order valence-electron chi connectivity index (χ1n) is 13.8. The topological polar surface area (TPSA) is 193 Å². The molecule has 2 aliphatic rings. The average molecular weight is 592 g/mol. The van der Waals surface area contributed by atoms with Gasteiger partial charge in [0.15, 0.2) is 17.1 Å². The molecule has 0 spiro atoms. The summed E-state index contributed by atoms with van der Waals surface area (Å²) in [7, 11) is 0. The molecule has 6 heterocycles. The Morgan fingerprint density at radius 3 is 2.83 bits per heavy atom. The number of primary amides is 1. The van der Waals surface area contributed by atoms with E-state index >= 15 is 0 Å². The first-order valence-corrected chi connectivity index (χ1v) is 14.7. The van der Waals surface area contributed by atoms with Gasteiger partial charge in [-0.1, -0.05) is 18.0 Å². The van der Waals surface area contributed by atoms with Crippen molar-refractivity contribution in [1.82, 2.24) is 24.7 Å². The minimum Gasteiger partial charge on any atom is -0.439 e. The number of hydrogen-bond acceptors (Lipinski definition) is 13. The molecule has 7 rings (SSSR count). The molecule has 1 amide bonds. The Hall–Kier alpha value is -4.34. The van der Waals surface area contributed by atoms with Gasteiger partial charge in [-0.15, -0.1) is 21.5 Å². The van der Waals surface area contributed by atoms with E-state index in [1.54, 1.807) is 10.5 Å². The van der Waals surface area contributed by atoms with Crippen LogP contribution < -0.4 is 27.1 Å². The summed E-state index contributed by atoms with van der Waals surface area (Å²) in [6.07, 6.45) is 5.58. The van der Waals surface area contributed by atoms with E-state index in [0.717, 1.165) is 25.7 Å². The van der Waals surface area contributed by atoms with Crippen LogP contribution in [0.5, 0.6) is 0 Å². The standard InChI is InChI=1S/C27H29N9O5S/c28-16-3-1-2-4-17(16)31-27-32-19(22(25(29)38)26-33-30-13-36(26)27)10-14-9-18(34-41-14)15-12-42-24-20(37)11-21(40-23(15)24)35-5-7-39-8-6-35/h9,11-13,16-17H,1-8,10,28H2,(H2,29,38)(H,31,32)/t16-,17+/m1/s1. The van der Waals surface area contributed by atoms with Crippen LogP contribution in [0, 0.1) is 0 Å². The number of aromatic nitrogens is 5. The number of anilines is 2. The van der Waals surface area contributed by atoms with Crippen molar-refractivity contribution in [2.45, 2.75) is 44.2 Å². The first kappa shape index (κ1) is 26.6. The van der Waals surface area contributed by atoms with E-state index in [1.165, 1.54) is 23.7 Å². The average Bonchev–Trinajstić information content (AvgIpc) is 3.75. The third-order valence-electron chi connectivity index (χ3n) is 7.84. The Labute approximate surface area is 242 Å². The predicted octanol–water partition coefficient (Wildman–Crippen LogP) is 2.16. The zero-order valence-corrected chi connectivity index (χ0v) is 23.4. The predicted molar refractivity (Wildman–Crippen MR) is 155 cm³/mol. The van der Waals surface area contributed by atoms with Crippen LogP contribution in [0.2, 0.25) is 0 Å². The maximum absolute atomic E-state index is 12.9. The molecular weight excluding hydrogens is 562 g/mol. The number of amides is 1. The Morgan fingerprint density at radius 2 is 2.02 bits per heavy atom. The van der Waals surface area contributed by atoms with Crippen molar-refractivity contribution in [2.24, 2.45) is 11.5 Å². The maximum atomic E-state index is 12.9. The number of nitrogens with one attached hydrogen (secondary N) is 1. The van der Waals surface area contributed by atoms with Crippen molar-refractivity contribution in [3.63, 3.8) is 0 Å². The maximum Gasteiger partial charge on any atom is 0.254 e. The van der Waals surface area contributed by atoms with Crippen molar-refractivity contribution in [3.05, 3.63) is 51.1 Å². The number of morpholine rings is 1. The fourth-order valence-electron chi connectivity index (χ4n) is 5.65. The largest absolute Gasteiger partial charge is 0.439 e. The normalized spacial score (nSPS) is 19.5. The molecule has 5 N–H and O–H groups in total. The highest BCUT2D eigenvalue weighted by Gasteiger charge is 2.27. The van der Waals surface area contributed by atoms with Gasteiger partial charge < -0.3 is 35.4 Å². The van der Waals surface area contributed by atoms with Gasteiger partial charge >= 0.3 is 0 Å². The molecule has 0 aromatic carbocycles. The Balaban J connectivity index is 1.23. The van der Waals surface area contributed by atoms with Gasteiger partial charge in [-0.2, -0.15) is 0 Å². The van der Waals surface area contributed by atoms with Gasteiger partial charge in [0.05, 0.1) is 30.9 Å². The molecule has 1 aliphatic heterocycles. The second-order valence-electron chi connectivity index (χ2n) is 10.6. The van der Waals surface area contributed by atoms with Crippen LogP contribution in [0.15, 0.2) is 37.6 Å². The summed E-state index contributed by atoms with van der Waals surface area (Å²) in [6, 6.07) is 3.26. The number of hydrogen-bond donors (Lipinski definition) is 3. The number of thiophene rings is 1. The van der Waals surface area contributed by atoms with E-state index in [-0.39, 0.29) is 29.5 Å². The number of carbonyl (C=O) groups excluding carboxylic acids is 1. The molecule has 2 fully saturated rings. The molecule has 1 saturated heterocycles. The number of fused-ring (bicyclic) bond motifs is 2. The van der Waals surface area contributed by atoms with Gasteiger partial charge in [0, 0.05) is 42.7 Å².